The molecule has 1 aromatic carbocycles. The highest BCUT2D eigenvalue weighted by Crippen LogP contribution is 2.40. The van der Waals surface area contributed by atoms with E-state index in [1.807, 2.05) is 55.1 Å². The number of nitrogens with zero attached hydrogens (tertiary/aromatic N) is 5. The Morgan fingerprint density at radius 1 is 1.21 bits per heavy atom. The molecule has 5 rings (SSSR count). The minimum atomic E-state index is -0.145. The van der Waals surface area contributed by atoms with Crippen molar-refractivity contribution < 1.29 is 4.79 Å². The Balaban J connectivity index is 1.45. The number of fused-ring (bicyclic) bond motifs is 1. The molecule has 0 spiro atoms. The van der Waals surface area contributed by atoms with E-state index >= 15 is 0 Å². The van der Waals surface area contributed by atoms with Crippen molar-refractivity contribution in [1.82, 2.24) is 24.3 Å². The maximum Gasteiger partial charge on any atom is 0.256 e. The lowest BCUT2D eigenvalue weighted by atomic mass is 10.1. The van der Waals surface area contributed by atoms with Gasteiger partial charge in [-0.3, -0.25) is 9.48 Å². The van der Waals surface area contributed by atoms with Crippen LogP contribution in [-0.2, 0) is 7.05 Å². The SMILES string of the molecule is Cc1nccn1-c1ccc(NC(=O)c2cc(C3CC3)nc3c2cnn3C)cc1. The molecule has 7 heteroatoms. The zero-order chi connectivity index (χ0) is 19.3. The van der Waals surface area contributed by atoms with Crippen molar-refractivity contribution >= 4 is 22.6 Å². The number of anilines is 1. The summed E-state index contributed by atoms with van der Waals surface area (Å²) in [6, 6.07) is 9.64. The van der Waals surface area contributed by atoms with Crippen LogP contribution in [0.2, 0.25) is 0 Å². The molecule has 7 nitrogen and oxygen atoms in total. The summed E-state index contributed by atoms with van der Waals surface area (Å²) in [5.41, 5.74) is 4.10. The summed E-state index contributed by atoms with van der Waals surface area (Å²) >= 11 is 0. The molecule has 1 amide bonds. The molecule has 4 aromatic rings. The first-order valence-corrected chi connectivity index (χ1v) is 9.34. The molecule has 1 N–H and O–H groups in total. The van der Waals surface area contributed by atoms with Gasteiger partial charge in [-0.2, -0.15) is 5.10 Å². The summed E-state index contributed by atoms with van der Waals surface area (Å²) in [6.45, 7) is 1.95. The Morgan fingerprint density at radius 2 is 2.00 bits per heavy atom. The van der Waals surface area contributed by atoms with Gasteiger partial charge in [0.2, 0.25) is 0 Å². The Morgan fingerprint density at radius 3 is 2.68 bits per heavy atom. The fraction of sp³-hybridized carbons (Fsp3) is 0.238. The van der Waals surface area contributed by atoms with Crippen LogP contribution in [0.5, 0.6) is 0 Å². The highest BCUT2D eigenvalue weighted by Gasteiger charge is 2.27. The first-order chi connectivity index (χ1) is 13.6. The van der Waals surface area contributed by atoms with Gasteiger partial charge in [-0.05, 0) is 50.1 Å². The number of amides is 1. The van der Waals surface area contributed by atoms with E-state index in [-0.39, 0.29) is 5.91 Å². The number of aromatic nitrogens is 5. The van der Waals surface area contributed by atoms with Gasteiger partial charge < -0.3 is 9.88 Å². The minimum absolute atomic E-state index is 0.145. The molecular formula is C21H20N6O. The molecule has 140 valence electrons. The molecule has 0 saturated heterocycles. The van der Waals surface area contributed by atoms with Crippen molar-refractivity contribution in [3.05, 3.63) is 66.0 Å². The number of aryl methyl sites for hydroxylation is 2. The van der Waals surface area contributed by atoms with Crippen LogP contribution in [0.1, 0.15) is 40.6 Å². The third-order valence-electron chi connectivity index (χ3n) is 5.19. The molecule has 28 heavy (non-hydrogen) atoms. The van der Waals surface area contributed by atoms with Crippen LogP contribution in [0.3, 0.4) is 0 Å². The minimum Gasteiger partial charge on any atom is -0.322 e. The predicted octanol–water partition coefficient (Wildman–Crippen LogP) is 3.59. The van der Waals surface area contributed by atoms with Gasteiger partial charge in [-0.1, -0.05) is 0 Å². The standard InChI is InChI=1S/C21H20N6O/c1-13-22-9-10-27(13)16-7-5-15(6-8-16)24-21(28)17-11-19(14-3-4-14)25-20-18(17)12-23-26(20)2/h5-12,14H,3-4H2,1-2H3,(H,24,28). The fourth-order valence-corrected chi connectivity index (χ4v) is 3.46. The average molecular weight is 372 g/mol. The molecule has 0 bridgehead atoms. The lowest BCUT2D eigenvalue weighted by Crippen LogP contribution is -2.13. The van der Waals surface area contributed by atoms with E-state index in [1.54, 1.807) is 17.1 Å². The fourth-order valence-electron chi connectivity index (χ4n) is 3.46. The van der Waals surface area contributed by atoms with Gasteiger partial charge >= 0.3 is 0 Å². The van der Waals surface area contributed by atoms with E-state index in [9.17, 15) is 4.79 Å². The van der Waals surface area contributed by atoms with Gasteiger partial charge in [0.25, 0.3) is 5.91 Å². The number of carbonyl (C=O) groups excluding carboxylic acids is 1. The van der Waals surface area contributed by atoms with E-state index in [2.05, 4.69) is 15.4 Å². The number of imidazole rings is 1. The molecule has 1 aliphatic carbocycles. The van der Waals surface area contributed by atoms with Crippen molar-refractivity contribution in [3.8, 4) is 5.69 Å². The van der Waals surface area contributed by atoms with Crippen LogP contribution >= 0.6 is 0 Å². The molecule has 0 radical (unpaired) electrons. The van der Waals surface area contributed by atoms with E-state index < -0.39 is 0 Å². The van der Waals surface area contributed by atoms with Crippen molar-refractivity contribution in [1.29, 1.82) is 0 Å². The van der Waals surface area contributed by atoms with Crippen LogP contribution in [0.15, 0.2) is 48.9 Å². The molecule has 1 aliphatic rings. The maximum absolute atomic E-state index is 13.0. The summed E-state index contributed by atoms with van der Waals surface area (Å²) in [6.07, 6.45) is 7.65. The van der Waals surface area contributed by atoms with E-state index in [4.69, 9.17) is 4.98 Å². The van der Waals surface area contributed by atoms with E-state index in [0.717, 1.165) is 46.8 Å². The highest BCUT2D eigenvalue weighted by atomic mass is 16.1. The number of hydrogen-bond acceptors (Lipinski definition) is 4. The Kier molecular flexibility index (Phi) is 3.75. The molecule has 3 aromatic heterocycles. The van der Waals surface area contributed by atoms with Gasteiger partial charge in [-0.15, -0.1) is 0 Å². The zero-order valence-electron chi connectivity index (χ0n) is 15.8. The van der Waals surface area contributed by atoms with Crippen molar-refractivity contribution in [2.75, 3.05) is 5.32 Å². The summed E-state index contributed by atoms with van der Waals surface area (Å²) in [5.74, 6) is 1.23. The third kappa shape index (κ3) is 2.85. The summed E-state index contributed by atoms with van der Waals surface area (Å²) in [4.78, 5) is 22.0. The summed E-state index contributed by atoms with van der Waals surface area (Å²) in [7, 11) is 1.85. The number of pyridine rings is 1. The van der Waals surface area contributed by atoms with Crippen LogP contribution < -0.4 is 5.32 Å². The van der Waals surface area contributed by atoms with Crippen LogP contribution in [0.25, 0.3) is 16.7 Å². The van der Waals surface area contributed by atoms with Gasteiger partial charge in [0.05, 0.1) is 17.1 Å². The number of carbonyl (C=O) groups is 1. The molecular weight excluding hydrogens is 352 g/mol. The van der Waals surface area contributed by atoms with Gasteiger partial charge in [0.15, 0.2) is 5.65 Å². The Hall–Kier alpha value is -3.48. The lowest BCUT2D eigenvalue weighted by Gasteiger charge is -2.10. The van der Waals surface area contributed by atoms with Crippen molar-refractivity contribution in [3.63, 3.8) is 0 Å². The molecule has 0 unspecified atom stereocenters. The molecule has 0 aliphatic heterocycles. The topological polar surface area (TPSA) is 77.6 Å². The quantitative estimate of drug-likeness (QED) is 0.594. The second-order valence-corrected chi connectivity index (χ2v) is 7.22. The summed E-state index contributed by atoms with van der Waals surface area (Å²) in [5, 5.41) is 8.06. The van der Waals surface area contributed by atoms with Gasteiger partial charge in [0.1, 0.15) is 5.82 Å². The maximum atomic E-state index is 13.0. The highest BCUT2D eigenvalue weighted by molar-refractivity contribution is 6.12. The van der Waals surface area contributed by atoms with E-state index in [1.165, 1.54) is 0 Å². The van der Waals surface area contributed by atoms with E-state index in [0.29, 0.717) is 11.5 Å². The molecule has 1 fully saturated rings. The van der Waals surface area contributed by atoms with Crippen LogP contribution in [-0.4, -0.2) is 30.2 Å². The molecule has 1 saturated carbocycles. The average Bonchev–Trinajstić information content (AvgIpc) is 3.37. The predicted molar refractivity (Wildman–Crippen MR) is 107 cm³/mol. The number of benzene rings is 1. The van der Waals surface area contributed by atoms with Gasteiger partial charge in [0, 0.05) is 42.4 Å². The summed E-state index contributed by atoms with van der Waals surface area (Å²) < 4.78 is 3.72. The molecule has 0 atom stereocenters. The molecule has 3 heterocycles. The number of nitrogens with one attached hydrogen (secondary N) is 1. The van der Waals surface area contributed by atoms with Crippen LogP contribution in [0.4, 0.5) is 5.69 Å². The normalized spacial score (nSPS) is 13.8. The zero-order valence-corrected chi connectivity index (χ0v) is 15.8. The van der Waals surface area contributed by atoms with Gasteiger partial charge in [-0.25, -0.2) is 9.97 Å². The smallest absolute Gasteiger partial charge is 0.256 e. The lowest BCUT2D eigenvalue weighted by molar-refractivity contribution is 0.102. The third-order valence-corrected chi connectivity index (χ3v) is 5.19. The first kappa shape index (κ1) is 16.7. The van der Waals surface area contributed by atoms with Crippen molar-refractivity contribution in [2.45, 2.75) is 25.7 Å². The number of rotatable bonds is 4. The first-order valence-electron chi connectivity index (χ1n) is 9.34. The second kappa shape index (κ2) is 6.30. The number of hydrogen-bond donors (Lipinski definition) is 1. The van der Waals surface area contributed by atoms with Crippen LogP contribution in [0, 0.1) is 6.92 Å². The van der Waals surface area contributed by atoms with Crippen molar-refractivity contribution in [2.24, 2.45) is 7.05 Å². The Labute approximate surface area is 162 Å². The second-order valence-electron chi connectivity index (χ2n) is 7.22. The largest absolute Gasteiger partial charge is 0.322 e. The monoisotopic (exact) mass is 372 g/mol. The Bertz CT molecular complexity index is 1180.